The number of hydrogen-bond acceptors (Lipinski definition) is 2. The fourth-order valence-electron chi connectivity index (χ4n) is 0.709. The van der Waals surface area contributed by atoms with Gasteiger partial charge in [-0.2, -0.15) is 0 Å². The average Bonchev–Trinajstić information content (AvgIpc) is 2.05. The SMILES string of the molecule is NCc1ccc([PH]=O)cc1. The molecule has 3 heteroatoms. The van der Waals surface area contributed by atoms with Gasteiger partial charge in [-0.25, -0.2) is 0 Å². The van der Waals surface area contributed by atoms with Crippen LogP contribution in [0.2, 0.25) is 0 Å². The molecule has 0 saturated heterocycles. The molecule has 0 heterocycles. The average molecular weight is 154 g/mol. The van der Waals surface area contributed by atoms with Gasteiger partial charge < -0.3 is 5.73 Å². The second kappa shape index (κ2) is 3.45. The summed E-state index contributed by atoms with van der Waals surface area (Å²) in [6.07, 6.45) is 0. The first-order valence-corrected chi connectivity index (χ1v) is 3.95. The van der Waals surface area contributed by atoms with Gasteiger partial charge in [0.15, 0.2) is 0 Å². The Balaban J connectivity index is 2.90. The van der Waals surface area contributed by atoms with Crippen LogP contribution in [0.1, 0.15) is 5.56 Å². The molecule has 0 saturated carbocycles. The first-order chi connectivity index (χ1) is 4.86. The van der Waals surface area contributed by atoms with Crippen molar-refractivity contribution in [2.75, 3.05) is 0 Å². The summed E-state index contributed by atoms with van der Waals surface area (Å²) in [6.45, 7) is 0.544. The lowest BCUT2D eigenvalue weighted by Gasteiger charge is -1.93. The first kappa shape index (κ1) is 7.39. The maximum Gasteiger partial charge on any atom is 0.0902 e. The van der Waals surface area contributed by atoms with E-state index in [1.165, 1.54) is 0 Å². The van der Waals surface area contributed by atoms with Crippen LogP contribution in [0.15, 0.2) is 24.3 Å². The normalized spacial score (nSPS) is 10.1. The molecular formula is C7H9NOP. The molecule has 2 nitrogen and oxygen atoms in total. The van der Waals surface area contributed by atoms with Crippen LogP contribution in [0.3, 0.4) is 0 Å². The third-order valence-electron chi connectivity index (χ3n) is 1.31. The summed E-state index contributed by atoms with van der Waals surface area (Å²) in [5.41, 5.74) is 6.44. The highest BCUT2D eigenvalue weighted by molar-refractivity contribution is 7.34. The maximum absolute atomic E-state index is 10.3. The van der Waals surface area contributed by atoms with Crippen LogP contribution in [0.25, 0.3) is 0 Å². The Hall–Kier alpha value is -0.720. The van der Waals surface area contributed by atoms with Gasteiger partial charge in [-0.15, -0.1) is 0 Å². The van der Waals surface area contributed by atoms with Crippen molar-refractivity contribution in [3.8, 4) is 0 Å². The standard InChI is InChI=1S/C7H9NOP/c8-5-6-1-3-7(10-9)4-2-6/h1-4,10H,5,8H2. The van der Waals surface area contributed by atoms with Crippen molar-refractivity contribution in [2.45, 2.75) is 6.54 Å². The molecule has 1 radical (unpaired) electrons. The molecule has 0 aromatic heterocycles. The topological polar surface area (TPSA) is 43.1 Å². The summed E-state index contributed by atoms with van der Waals surface area (Å²) >= 11 is 0. The monoisotopic (exact) mass is 154 g/mol. The van der Waals surface area contributed by atoms with Gasteiger partial charge in [0.25, 0.3) is 0 Å². The summed E-state index contributed by atoms with van der Waals surface area (Å²) in [6, 6.07) is 7.43. The van der Waals surface area contributed by atoms with Crippen molar-refractivity contribution in [3.63, 3.8) is 0 Å². The van der Waals surface area contributed by atoms with Crippen LogP contribution in [0.4, 0.5) is 0 Å². The van der Waals surface area contributed by atoms with Gasteiger partial charge in [-0.3, -0.25) is 4.57 Å². The highest BCUT2D eigenvalue weighted by atomic mass is 31.1. The second-order valence-electron chi connectivity index (χ2n) is 2.00. The number of benzene rings is 1. The molecule has 0 aliphatic heterocycles. The van der Waals surface area contributed by atoms with E-state index in [0.29, 0.717) is 6.54 Å². The molecule has 0 amide bonds. The van der Waals surface area contributed by atoms with Gasteiger partial charge >= 0.3 is 0 Å². The fourth-order valence-corrected chi connectivity index (χ4v) is 1.01. The summed E-state index contributed by atoms with van der Waals surface area (Å²) in [5, 5.41) is 0.845. The smallest absolute Gasteiger partial charge is 0.0902 e. The van der Waals surface area contributed by atoms with Crippen molar-refractivity contribution < 1.29 is 4.57 Å². The van der Waals surface area contributed by atoms with E-state index in [-0.39, 0.29) is 8.46 Å². The highest BCUT2D eigenvalue weighted by Gasteiger charge is 1.88. The summed E-state index contributed by atoms with van der Waals surface area (Å²) in [5.74, 6) is 0. The van der Waals surface area contributed by atoms with E-state index in [4.69, 9.17) is 5.73 Å². The number of hydrogen-bond donors (Lipinski definition) is 1. The minimum absolute atomic E-state index is 0.363. The van der Waals surface area contributed by atoms with Crippen molar-refractivity contribution in [2.24, 2.45) is 5.73 Å². The maximum atomic E-state index is 10.3. The van der Waals surface area contributed by atoms with Gasteiger partial charge in [0.2, 0.25) is 0 Å². The van der Waals surface area contributed by atoms with E-state index in [2.05, 4.69) is 0 Å². The number of nitrogens with two attached hydrogens (primary N) is 1. The molecular weight excluding hydrogens is 145 g/mol. The third-order valence-corrected chi connectivity index (χ3v) is 1.88. The molecule has 1 aromatic rings. The van der Waals surface area contributed by atoms with Crippen LogP contribution in [-0.4, -0.2) is 0 Å². The van der Waals surface area contributed by atoms with Gasteiger partial charge in [-0.1, -0.05) is 12.1 Å². The summed E-state index contributed by atoms with van der Waals surface area (Å²) in [4.78, 5) is 0. The Morgan fingerprint density at radius 3 is 2.30 bits per heavy atom. The fraction of sp³-hybridized carbons (Fsp3) is 0.143. The van der Waals surface area contributed by atoms with E-state index < -0.39 is 0 Å². The minimum Gasteiger partial charge on any atom is -0.326 e. The van der Waals surface area contributed by atoms with E-state index in [1.807, 2.05) is 24.3 Å². The second-order valence-corrected chi connectivity index (χ2v) is 2.78. The zero-order valence-electron chi connectivity index (χ0n) is 5.50. The molecule has 1 rings (SSSR count). The van der Waals surface area contributed by atoms with E-state index in [1.54, 1.807) is 0 Å². The van der Waals surface area contributed by atoms with Gasteiger partial charge in [0.1, 0.15) is 0 Å². The van der Waals surface area contributed by atoms with Crippen LogP contribution in [0.5, 0.6) is 0 Å². The molecule has 2 N–H and O–H groups in total. The predicted molar refractivity (Wildman–Crippen MR) is 43.0 cm³/mol. The van der Waals surface area contributed by atoms with Crippen LogP contribution >= 0.6 is 8.46 Å². The zero-order valence-corrected chi connectivity index (χ0v) is 6.50. The van der Waals surface area contributed by atoms with E-state index in [0.717, 1.165) is 10.9 Å². The van der Waals surface area contributed by atoms with Gasteiger partial charge in [0, 0.05) is 11.8 Å². The van der Waals surface area contributed by atoms with Crippen LogP contribution < -0.4 is 11.0 Å². The largest absolute Gasteiger partial charge is 0.326 e. The molecule has 0 fully saturated rings. The quantitative estimate of drug-likeness (QED) is 0.640. The highest BCUT2D eigenvalue weighted by Crippen LogP contribution is 1.99. The molecule has 10 heavy (non-hydrogen) atoms. The molecule has 0 aliphatic carbocycles. The zero-order chi connectivity index (χ0) is 7.40. The van der Waals surface area contributed by atoms with Gasteiger partial charge in [0.05, 0.1) is 8.46 Å². The Morgan fingerprint density at radius 1 is 1.30 bits per heavy atom. The number of rotatable bonds is 2. The summed E-state index contributed by atoms with van der Waals surface area (Å²) < 4.78 is 10.3. The molecule has 1 unspecified atom stereocenters. The molecule has 0 aliphatic rings. The molecule has 1 atom stereocenters. The van der Waals surface area contributed by atoms with Crippen molar-refractivity contribution in [1.29, 1.82) is 0 Å². The predicted octanol–water partition coefficient (Wildman–Crippen LogP) is 0.795. The summed E-state index contributed by atoms with van der Waals surface area (Å²) in [7, 11) is -0.363. The van der Waals surface area contributed by atoms with E-state index in [9.17, 15) is 4.57 Å². The van der Waals surface area contributed by atoms with Crippen LogP contribution in [0, 0.1) is 0 Å². The Morgan fingerprint density at radius 2 is 1.90 bits per heavy atom. The molecule has 0 spiro atoms. The lowest BCUT2D eigenvalue weighted by atomic mass is 10.2. The molecule has 53 valence electrons. The van der Waals surface area contributed by atoms with Gasteiger partial charge in [-0.05, 0) is 17.7 Å². The lowest BCUT2D eigenvalue weighted by molar-refractivity contribution is 0.603. The van der Waals surface area contributed by atoms with Crippen molar-refractivity contribution in [3.05, 3.63) is 29.8 Å². The Bertz CT molecular complexity index is 220. The van der Waals surface area contributed by atoms with Crippen molar-refractivity contribution in [1.82, 2.24) is 0 Å². The first-order valence-electron chi connectivity index (χ1n) is 3.04. The molecule has 0 bridgehead atoms. The molecule has 1 aromatic carbocycles. The Labute approximate surface area is 61.3 Å². The van der Waals surface area contributed by atoms with E-state index >= 15 is 0 Å². The van der Waals surface area contributed by atoms with Crippen LogP contribution in [-0.2, 0) is 11.1 Å². The Kier molecular flexibility index (Phi) is 2.55. The minimum atomic E-state index is -0.363. The third kappa shape index (κ3) is 1.63. The lowest BCUT2D eigenvalue weighted by Crippen LogP contribution is -1.98. The van der Waals surface area contributed by atoms with Crippen molar-refractivity contribution >= 4 is 13.8 Å².